The lowest BCUT2D eigenvalue weighted by Gasteiger charge is -2.05. The van der Waals surface area contributed by atoms with E-state index in [2.05, 4.69) is 20.5 Å². The second kappa shape index (κ2) is 5.24. The van der Waals surface area contributed by atoms with Crippen LogP contribution in [0.25, 0.3) is 0 Å². The standard InChI is InChI=1S/C10H16N4O3/c1-3-17-10(15)9-12-8(13-14-9)7-4-6(16-2)5-11-7/h6-7,11H,3-5H2,1-2H3,(H,12,13,14). The van der Waals surface area contributed by atoms with Crippen LogP contribution in [-0.2, 0) is 9.47 Å². The van der Waals surface area contributed by atoms with Gasteiger partial charge in [0.1, 0.15) is 5.82 Å². The molecule has 2 atom stereocenters. The van der Waals surface area contributed by atoms with Gasteiger partial charge in [0.15, 0.2) is 0 Å². The molecule has 1 aromatic rings. The van der Waals surface area contributed by atoms with Crippen LogP contribution < -0.4 is 5.32 Å². The van der Waals surface area contributed by atoms with E-state index in [-0.39, 0.29) is 18.0 Å². The van der Waals surface area contributed by atoms with Crippen molar-refractivity contribution in [2.75, 3.05) is 20.3 Å². The zero-order valence-electron chi connectivity index (χ0n) is 9.90. The first-order valence-corrected chi connectivity index (χ1v) is 5.60. The molecular weight excluding hydrogens is 224 g/mol. The van der Waals surface area contributed by atoms with Gasteiger partial charge in [-0.15, -0.1) is 5.10 Å². The summed E-state index contributed by atoms with van der Waals surface area (Å²) in [6, 6.07) is 0.0515. The van der Waals surface area contributed by atoms with Crippen LogP contribution >= 0.6 is 0 Å². The Bertz CT molecular complexity index is 393. The van der Waals surface area contributed by atoms with Crippen LogP contribution in [0.15, 0.2) is 0 Å². The summed E-state index contributed by atoms with van der Waals surface area (Å²) < 4.78 is 10.1. The van der Waals surface area contributed by atoms with Gasteiger partial charge in [0.2, 0.25) is 0 Å². The van der Waals surface area contributed by atoms with Gasteiger partial charge in [-0.2, -0.15) is 0 Å². The molecule has 1 fully saturated rings. The zero-order chi connectivity index (χ0) is 12.3. The highest BCUT2D eigenvalue weighted by molar-refractivity contribution is 5.84. The molecule has 2 rings (SSSR count). The molecule has 2 N–H and O–H groups in total. The molecular formula is C10H16N4O3. The van der Waals surface area contributed by atoms with Gasteiger partial charge in [0, 0.05) is 13.7 Å². The lowest BCUT2D eigenvalue weighted by Crippen LogP contribution is -2.16. The Hall–Kier alpha value is -1.47. The average Bonchev–Trinajstić information content (AvgIpc) is 2.98. The maximum Gasteiger partial charge on any atom is 0.378 e. The van der Waals surface area contributed by atoms with E-state index in [9.17, 15) is 4.79 Å². The van der Waals surface area contributed by atoms with Gasteiger partial charge in [0.05, 0.1) is 18.8 Å². The van der Waals surface area contributed by atoms with Crippen molar-refractivity contribution in [1.29, 1.82) is 0 Å². The normalized spacial score (nSPS) is 23.9. The molecule has 0 aromatic carbocycles. The van der Waals surface area contributed by atoms with Crippen LogP contribution in [-0.4, -0.2) is 47.5 Å². The predicted molar refractivity (Wildman–Crippen MR) is 58.5 cm³/mol. The molecule has 2 heterocycles. The van der Waals surface area contributed by atoms with Crippen molar-refractivity contribution in [3.63, 3.8) is 0 Å². The third-order valence-corrected chi connectivity index (χ3v) is 2.71. The number of hydrogen-bond donors (Lipinski definition) is 2. The molecule has 7 heteroatoms. The number of ether oxygens (including phenoxy) is 2. The van der Waals surface area contributed by atoms with Crippen LogP contribution in [0.1, 0.15) is 35.8 Å². The molecule has 0 aliphatic carbocycles. The molecule has 0 radical (unpaired) electrons. The molecule has 1 saturated heterocycles. The number of H-pyrrole nitrogens is 1. The van der Waals surface area contributed by atoms with Gasteiger partial charge in [0.25, 0.3) is 5.82 Å². The highest BCUT2D eigenvalue weighted by Crippen LogP contribution is 2.21. The maximum absolute atomic E-state index is 11.4. The van der Waals surface area contributed by atoms with Crippen molar-refractivity contribution in [1.82, 2.24) is 20.5 Å². The molecule has 0 bridgehead atoms. The SMILES string of the molecule is CCOC(=O)c1n[nH]c(C2CC(OC)CN2)n1. The van der Waals surface area contributed by atoms with Gasteiger partial charge in [-0.3, -0.25) is 5.10 Å². The summed E-state index contributed by atoms with van der Waals surface area (Å²) in [5.41, 5.74) is 0. The van der Waals surface area contributed by atoms with E-state index in [0.29, 0.717) is 12.4 Å². The molecule has 94 valence electrons. The summed E-state index contributed by atoms with van der Waals surface area (Å²) in [5, 5.41) is 9.84. The van der Waals surface area contributed by atoms with Crippen LogP contribution in [0, 0.1) is 0 Å². The molecule has 0 spiro atoms. The van der Waals surface area contributed by atoms with Crippen molar-refractivity contribution in [2.45, 2.75) is 25.5 Å². The summed E-state index contributed by atoms with van der Waals surface area (Å²) in [6.45, 7) is 2.83. The van der Waals surface area contributed by atoms with Crippen LogP contribution in [0.3, 0.4) is 0 Å². The maximum atomic E-state index is 11.4. The zero-order valence-corrected chi connectivity index (χ0v) is 9.90. The molecule has 17 heavy (non-hydrogen) atoms. The number of carbonyl (C=O) groups is 1. The summed E-state index contributed by atoms with van der Waals surface area (Å²) in [7, 11) is 1.68. The molecule has 0 amide bonds. The van der Waals surface area contributed by atoms with Crippen molar-refractivity contribution in [3.05, 3.63) is 11.6 Å². The van der Waals surface area contributed by atoms with Crippen LogP contribution in [0.4, 0.5) is 0 Å². The number of hydrogen-bond acceptors (Lipinski definition) is 6. The Labute approximate surface area is 98.9 Å². The summed E-state index contributed by atoms with van der Waals surface area (Å²) in [5.74, 6) is 0.216. The first kappa shape index (κ1) is 12.0. The first-order chi connectivity index (χ1) is 8.24. The number of methoxy groups -OCH3 is 1. The highest BCUT2D eigenvalue weighted by atomic mass is 16.5. The minimum Gasteiger partial charge on any atom is -0.460 e. The second-order valence-electron chi connectivity index (χ2n) is 3.82. The first-order valence-electron chi connectivity index (χ1n) is 5.60. The Morgan fingerprint density at radius 1 is 1.59 bits per heavy atom. The molecule has 1 aromatic heterocycles. The van der Waals surface area contributed by atoms with Crippen LogP contribution in [0.5, 0.6) is 0 Å². The fourth-order valence-electron chi connectivity index (χ4n) is 1.81. The summed E-state index contributed by atoms with van der Waals surface area (Å²) >= 11 is 0. The van der Waals surface area contributed by atoms with Crippen molar-refractivity contribution < 1.29 is 14.3 Å². The quantitative estimate of drug-likeness (QED) is 0.722. The lowest BCUT2D eigenvalue weighted by molar-refractivity contribution is 0.0512. The summed E-state index contributed by atoms with van der Waals surface area (Å²) in [4.78, 5) is 15.5. The van der Waals surface area contributed by atoms with Crippen molar-refractivity contribution >= 4 is 5.97 Å². The van der Waals surface area contributed by atoms with Gasteiger partial charge in [-0.1, -0.05) is 0 Å². The van der Waals surface area contributed by atoms with Gasteiger partial charge < -0.3 is 14.8 Å². The molecule has 2 unspecified atom stereocenters. The molecule has 1 aliphatic heterocycles. The number of rotatable bonds is 4. The van der Waals surface area contributed by atoms with Gasteiger partial charge in [-0.25, -0.2) is 9.78 Å². The monoisotopic (exact) mass is 240 g/mol. The predicted octanol–water partition coefficient (Wildman–Crippen LogP) is 0.0308. The van der Waals surface area contributed by atoms with E-state index in [1.165, 1.54) is 0 Å². The lowest BCUT2D eigenvalue weighted by atomic mass is 10.2. The number of nitrogens with zero attached hydrogens (tertiary/aromatic N) is 2. The minimum absolute atomic E-state index is 0.0515. The number of carbonyl (C=O) groups excluding carboxylic acids is 1. The van der Waals surface area contributed by atoms with Gasteiger partial charge >= 0.3 is 5.97 Å². The number of esters is 1. The van der Waals surface area contributed by atoms with Crippen molar-refractivity contribution in [3.8, 4) is 0 Å². The Balaban J connectivity index is 2.01. The van der Waals surface area contributed by atoms with Gasteiger partial charge in [-0.05, 0) is 13.3 Å². The smallest absolute Gasteiger partial charge is 0.378 e. The minimum atomic E-state index is -0.503. The third-order valence-electron chi connectivity index (χ3n) is 2.71. The van der Waals surface area contributed by atoms with E-state index in [1.54, 1.807) is 14.0 Å². The van der Waals surface area contributed by atoms with E-state index in [4.69, 9.17) is 9.47 Å². The van der Waals surface area contributed by atoms with E-state index in [1.807, 2.05) is 0 Å². The number of nitrogens with one attached hydrogen (secondary N) is 2. The Morgan fingerprint density at radius 2 is 2.41 bits per heavy atom. The summed E-state index contributed by atoms with van der Waals surface area (Å²) in [6.07, 6.45) is 0.990. The Kier molecular flexibility index (Phi) is 3.70. The topological polar surface area (TPSA) is 89.1 Å². The Morgan fingerprint density at radius 3 is 3.06 bits per heavy atom. The molecule has 7 nitrogen and oxygen atoms in total. The molecule has 0 saturated carbocycles. The van der Waals surface area contributed by atoms with E-state index in [0.717, 1.165) is 13.0 Å². The number of aromatic nitrogens is 3. The van der Waals surface area contributed by atoms with E-state index < -0.39 is 5.97 Å². The third kappa shape index (κ3) is 2.62. The van der Waals surface area contributed by atoms with E-state index >= 15 is 0 Å². The largest absolute Gasteiger partial charge is 0.460 e. The molecule has 1 aliphatic rings. The average molecular weight is 240 g/mol. The fraction of sp³-hybridized carbons (Fsp3) is 0.700. The van der Waals surface area contributed by atoms with Crippen LogP contribution in [0.2, 0.25) is 0 Å². The number of aromatic amines is 1. The van der Waals surface area contributed by atoms with Crippen molar-refractivity contribution in [2.24, 2.45) is 0 Å². The second-order valence-corrected chi connectivity index (χ2v) is 3.82. The highest BCUT2D eigenvalue weighted by Gasteiger charge is 2.28. The fourth-order valence-corrected chi connectivity index (χ4v) is 1.81.